The Labute approximate surface area is 149 Å². The van der Waals surface area contributed by atoms with Crippen LogP contribution < -0.4 is 10.6 Å². The van der Waals surface area contributed by atoms with E-state index in [-0.39, 0.29) is 28.9 Å². The van der Waals surface area contributed by atoms with Crippen LogP contribution in [0.15, 0.2) is 47.4 Å². The molecule has 2 N–H and O–H groups in total. The molecule has 25 heavy (non-hydrogen) atoms. The van der Waals surface area contributed by atoms with E-state index in [4.69, 9.17) is 0 Å². The summed E-state index contributed by atoms with van der Waals surface area (Å²) in [6.45, 7) is 1.36. The van der Waals surface area contributed by atoms with Gasteiger partial charge in [0.25, 0.3) is 5.91 Å². The van der Waals surface area contributed by atoms with Crippen molar-refractivity contribution < 1.29 is 18.8 Å². The number of Topliss-reactive ketones (excluding diaryl/α,β-unsaturated/α-hetero) is 1. The molecule has 130 valence electrons. The predicted molar refractivity (Wildman–Crippen MR) is 95.6 cm³/mol. The van der Waals surface area contributed by atoms with Crippen molar-refractivity contribution in [2.24, 2.45) is 0 Å². The molecule has 2 aromatic carbocycles. The van der Waals surface area contributed by atoms with Crippen molar-refractivity contribution in [1.29, 1.82) is 0 Å². The van der Waals surface area contributed by atoms with Crippen LogP contribution in [-0.4, -0.2) is 30.4 Å². The molecule has 2 amide bonds. The van der Waals surface area contributed by atoms with Gasteiger partial charge in [-0.3, -0.25) is 14.4 Å². The van der Waals surface area contributed by atoms with E-state index in [0.717, 1.165) is 17.8 Å². The fourth-order valence-electron chi connectivity index (χ4n) is 2.06. The molecule has 0 aliphatic carbocycles. The average molecular weight is 360 g/mol. The van der Waals surface area contributed by atoms with Crippen LogP contribution in [0.5, 0.6) is 0 Å². The van der Waals surface area contributed by atoms with Crippen molar-refractivity contribution in [3.05, 3.63) is 59.4 Å². The topological polar surface area (TPSA) is 75.3 Å². The largest absolute Gasteiger partial charge is 0.355 e. The van der Waals surface area contributed by atoms with Crippen molar-refractivity contribution >= 4 is 35.0 Å². The van der Waals surface area contributed by atoms with E-state index < -0.39 is 5.82 Å². The fraction of sp³-hybridized carbons (Fsp3) is 0.167. The Balaban J connectivity index is 1.97. The van der Waals surface area contributed by atoms with Gasteiger partial charge in [0.1, 0.15) is 5.82 Å². The number of benzene rings is 2. The van der Waals surface area contributed by atoms with Crippen LogP contribution >= 0.6 is 11.8 Å². The van der Waals surface area contributed by atoms with Crippen molar-refractivity contribution in [2.75, 3.05) is 18.1 Å². The quantitative estimate of drug-likeness (QED) is 0.613. The zero-order valence-corrected chi connectivity index (χ0v) is 14.6. The van der Waals surface area contributed by atoms with Crippen LogP contribution in [0.2, 0.25) is 0 Å². The number of thioether (sulfide) groups is 1. The van der Waals surface area contributed by atoms with E-state index in [2.05, 4.69) is 10.6 Å². The highest BCUT2D eigenvalue weighted by Gasteiger charge is 2.10. The highest BCUT2D eigenvalue weighted by Crippen LogP contribution is 2.23. The third-order valence-corrected chi connectivity index (χ3v) is 4.38. The smallest absolute Gasteiger partial charge is 0.251 e. The molecule has 0 aromatic heterocycles. The van der Waals surface area contributed by atoms with E-state index in [1.807, 2.05) is 0 Å². The molecule has 0 fully saturated rings. The van der Waals surface area contributed by atoms with Gasteiger partial charge in [0, 0.05) is 28.8 Å². The van der Waals surface area contributed by atoms with Gasteiger partial charge in [-0.1, -0.05) is 12.1 Å². The molecule has 0 heterocycles. The lowest BCUT2D eigenvalue weighted by Crippen LogP contribution is -2.19. The number of rotatable bonds is 6. The summed E-state index contributed by atoms with van der Waals surface area (Å²) in [5.41, 5.74) is 1.20. The molecule has 0 saturated carbocycles. The van der Waals surface area contributed by atoms with Crippen molar-refractivity contribution in [2.45, 2.75) is 11.8 Å². The fourth-order valence-corrected chi connectivity index (χ4v) is 2.78. The van der Waals surface area contributed by atoms with Gasteiger partial charge in [-0.05, 0) is 37.3 Å². The van der Waals surface area contributed by atoms with Gasteiger partial charge in [0.15, 0.2) is 5.78 Å². The minimum atomic E-state index is -0.535. The average Bonchev–Trinajstić information content (AvgIpc) is 2.60. The number of hydrogen-bond acceptors (Lipinski definition) is 4. The maximum Gasteiger partial charge on any atom is 0.251 e. The number of carbonyl (C=O) groups is 3. The minimum Gasteiger partial charge on any atom is -0.355 e. The Morgan fingerprint density at radius 3 is 2.48 bits per heavy atom. The number of carbonyl (C=O) groups excluding carboxylic acids is 3. The molecule has 0 aliphatic rings. The van der Waals surface area contributed by atoms with Gasteiger partial charge in [-0.25, -0.2) is 4.39 Å². The maximum absolute atomic E-state index is 13.9. The summed E-state index contributed by atoms with van der Waals surface area (Å²) in [6.07, 6.45) is 0. The summed E-state index contributed by atoms with van der Waals surface area (Å²) in [6, 6.07) is 10.7. The lowest BCUT2D eigenvalue weighted by atomic mass is 10.1. The molecule has 0 atom stereocenters. The number of halogens is 1. The summed E-state index contributed by atoms with van der Waals surface area (Å²) in [5, 5.41) is 5.17. The van der Waals surface area contributed by atoms with Crippen LogP contribution in [0.4, 0.5) is 10.1 Å². The first-order valence-electron chi connectivity index (χ1n) is 7.46. The van der Waals surface area contributed by atoms with Crippen molar-refractivity contribution in [1.82, 2.24) is 5.32 Å². The number of hydrogen-bond donors (Lipinski definition) is 2. The Hall–Kier alpha value is -2.67. The Kier molecular flexibility index (Phi) is 6.30. The Bertz CT molecular complexity index is 824. The molecule has 5 nitrogen and oxygen atoms in total. The molecule has 2 aromatic rings. The predicted octanol–water partition coefficient (Wildman–Crippen LogP) is 3.12. The molecule has 0 aliphatic heterocycles. The number of anilines is 1. The van der Waals surface area contributed by atoms with Gasteiger partial charge < -0.3 is 10.6 Å². The first kappa shape index (κ1) is 18.7. The lowest BCUT2D eigenvalue weighted by Gasteiger charge is -2.08. The number of nitrogens with one attached hydrogen (secondary N) is 2. The first-order valence-corrected chi connectivity index (χ1v) is 8.44. The Morgan fingerprint density at radius 1 is 1.08 bits per heavy atom. The Morgan fingerprint density at radius 2 is 1.84 bits per heavy atom. The summed E-state index contributed by atoms with van der Waals surface area (Å²) in [7, 11) is 1.52. The number of amides is 2. The summed E-state index contributed by atoms with van der Waals surface area (Å²) < 4.78 is 13.9. The highest BCUT2D eigenvalue weighted by atomic mass is 32.2. The second kappa shape index (κ2) is 8.43. The summed E-state index contributed by atoms with van der Waals surface area (Å²) >= 11 is 1.03. The van der Waals surface area contributed by atoms with E-state index in [1.165, 1.54) is 26.1 Å². The van der Waals surface area contributed by atoms with E-state index in [9.17, 15) is 18.8 Å². The van der Waals surface area contributed by atoms with Gasteiger partial charge in [0.2, 0.25) is 5.91 Å². The van der Waals surface area contributed by atoms with Gasteiger partial charge in [0.05, 0.1) is 5.75 Å². The van der Waals surface area contributed by atoms with Crippen molar-refractivity contribution in [3.8, 4) is 0 Å². The SMILES string of the molecule is CNC(=O)c1cccc(NC(=O)CSc2ccc(C(C)=O)cc2F)c1. The van der Waals surface area contributed by atoms with Crippen molar-refractivity contribution in [3.63, 3.8) is 0 Å². The normalized spacial score (nSPS) is 10.2. The second-order valence-electron chi connectivity index (χ2n) is 5.20. The second-order valence-corrected chi connectivity index (χ2v) is 6.22. The van der Waals surface area contributed by atoms with Crippen LogP contribution in [-0.2, 0) is 4.79 Å². The molecule has 0 radical (unpaired) electrons. The zero-order chi connectivity index (χ0) is 18.4. The van der Waals surface area contributed by atoms with E-state index >= 15 is 0 Å². The first-order chi connectivity index (χ1) is 11.9. The van der Waals surface area contributed by atoms with Gasteiger partial charge in [-0.15, -0.1) is 11.8 Å². The monoisotopic (exact) mass is 360 g/mol. The lowest BCUT2D eigenvalue weighted by molar-refractivity contribution is -0.113. The molecular weight excluding hydrogens is 343 g/mol. The molecular formula is C18H17FN2O3S. The van der Waals surface area contributed by atoms with Gasteiger partial charge >= 0.3 is 0 Å². The van der Waals surface area contributed by atoms with Crippen LogP contribution in [0.25, 0.3) is 0 Å². The standard InChI is InChI=1S/C18H17FN2O3S/c1-11(22)12-6-7-16(15(19)9-12)25-10-17(23)21-14-5-3-4-13(8-14)18(24)20-2/h3-9H,10H2,1-2H3,(H,20,24)(H,21,23). The molecule has 0 bridgehead atoms. The molecule has 0 saturated heterocycles. The van der Waals surface area contributed by atoms with Gasteiger partial charge in [-0.2, -0.15) is 0 Å². The van der Waals surface area contributed by atoms with Crippen LogP contribution in [0.1, 0.15) is 27.6 Å². The molecule has 0 spiro atoms. The van der Waals surface area contributed by atoms with Crippen LogP contribution in [0, 0.1) is 5.82 Å². The maximum atomic E-state index is 13.9. The van der Waals surface area contributed by atoms with Crippen LogP contribution in [0.3, 0.4) is 0 Å². The molecule has 7 heteroatoms. The zero-order valence-electron chi connectivity index (χ0n) is 13.8. The van der Waals surface area contributed by atoms with E-state index in [0.29, 0.717) is 16.1 Å². The minimum absolute atomic E-state index is 0.000536. The third kappa shape index (κ3) is 5.15. The molecule has 2 rings (SSSR count). The third-order valence-electron chi connectivity index (χ3n) is 3.33. The highest BCUT2D eigenvalue weighted by molar-refractivity contribution is 8.00. The van der Waals surface area contributed by atoms with E-state index in [1.54, 1.807) is 24.3 Å². The summed E-state index contributed by atoms with van der Waals surface area (Å²) in [5.74, 6) is -1.33. The number of ketones is 1. The molecule has 0 unspecified atom stereocenters. The summed E-state index contributed by atoms with van der Waals surface area (Å²) in [4.78, 5) is 35.1.